The molecule has 0 spiro atoms. The molecule has 1 aromatic rings. The maximum absolute atomic E-state index is 12.5. The Morgan fingerprint density at radius 3 is 3.00 bits per heavy atom. The molecule has 4 nitrogen and oxygen atoms in total. The number of ether oxygens (including phenoxy) is 1. The van der Waals surface area contributed by atoms with Gasteiger partial charge in [-0.05, 0) is 12.1 Å². The fourth-order valence-corrected chi connectivity index (χ4v) is 3.14. The van der Waals surface area contributed by atoms with Crippen LogP contribution in [0.5, 0.6) is 5.75 Å². The van der Waals surface area contributed by atoms with E-state index in [9.17, 15) is 4.79 Å². The summed E-state index contributed by atoms with van der Waals surface area (Å²) in [5, 5.41) is 0.481. The van der Waals surface area contributed by atoms with Crippen molar-refractivity contribution >= 4 is 23.4 Å². The Morgan fingerprint density at radius 2 is 2.33 bits per heavy atom. The Balaban J connectivity index is 2.25. The van der Waals surface area contributed by atoms with Crippen LogP contribution in [0.25, 0.3) is 0 Å². The highest BCUT2D eigenvalue weighted by atomic mass is 32.2. The SMILES string of the molecule is COc1c(N)cccc1C(=O)N1CCSC(C)C1. The number of anilines is 1. The zero-order valence-corrected chi connectivity index (χ0v) is 11.5. The summed E-state index contributed by atoms with van der Waals surface area (Å²) in [5.74, 6) is 1.47. The van der Waals surface area contributed by atoms with Crippen molar-refractivity contribution in [2.75, 3.05) is 31.7 Å². The molecule has 0 aromatic heterocycles. The van der Waals surface area contributed by atoms with Crippen LogP contribution < -0.4 is 10.5 Å². The number of amides is 1. The predicted molar refractivity (Wildman–Crippen MR) is 75.2 cm³/mol. The van der Waals surface area contributed by atoms with Gasteiger partial charge in [0.15, 0.2) is 5.75 Å². The number of rotatable bonds is 2. The number of nitrogens with zero attached hydrogens (tertiary/aromatic N) is 1. The summed E-state index contributed by atoms with van der Waals surface area (Å²) in [6.45, 7) is 3.70. The van der Waals surface area contributed by atoms with Crippen LogP contribution >= 0.6 is 11.8 Å². The second kappa shape index (κ2) is 5.52. The van der Waals surface area contributed by atoms with Crippen LogP contribution in [0.15, 0.2) is 18.2 Å². The molecule has 0 radical (unpaired) electrons. The summed E-state index contributed by atoms with van der Waals surface area (Å²) in [4.78, 5) is 14.3. The van der Waals surface area contributed by atoms with Gasteiger partial charge in [0.25, 0.3) is 5.91 Å². The average Bonchev–Trinajstić information content (AvgIpc) is 2.37. The minimum absolute atomic E-state index is 0.00583. The molecule has 1 atom stereocenters. The van der Waals surface area contributed by atoms with Crippen molar-refractivity contribution in [2.45, 2.75) is 12.2 Å². The van der Waals surface area contributed by atoms with Gasteiger partial charge < -0.3 is 15.4 Å². The van der Waals surface area contributed by atoms with Crippen LogP contribution in [0, 0.1) is 0 Å². The van der Waals surface area contributed by atoms with E-state index in [1.807, 2.05) is 16.7 Å². The van der Waals surface area contributed by atoms with Gasteiger partial charge in [0.2, 0.25) is 0 Å². The van der Waals surface area contributed by atoms with Gasteiger partial charge in [-0.3, -0.25) is 4.79 Å². The molecule has 18 heavy (non-hydrogen) atoms. The van der Waals surface area contributed by atoms with Gasteiger partial charge in [-0.25, -0.2) is 0 Å². The van der Waals surface area contributed by atoms with Crippen molar-refractivity contribution in [1.29, 1.82) is 0 Å². The summed E-state index contributed by atoms with van der Waals surface area (Å²) in [6, 6.07) is 5.29. The third-order valence-electron chi connectivity index (χ3n) is 3.01. The number of hydrogen-bond donors (Lipinski definition) is 1. The van der Waals surface area contributed by atoms with E-state index in [1.54, 1.807) is 18.2 Å². The van der Waals surface area contributed by atoms with Crippen LogP contribution in [-0.2, 0) is 0 Å². The smallest absolute Gasteiger partial charge is 0.257 e. The number of hydrogen-bond acceptors (Lipinski definition) is 4. The van der Waals surface area contributed by atoms with Crippen molar-refractivity contribution < 1.29 is 9.53 Å². The molecule has 1 aliphatic rings. The van der Waals surface area contributed by atoms with Crippen molar-refractivity contribution in [3.63, 3.8) is 0 Å². The van der Waals surface area contributed by atoms with Gasteiger partial charge in [-0.15, -0.1) is 0 Å². The van der Waals surface area contributed by atoms with Gasteiger partial charge in [0, 0.05) is 24.1 Å². The Labute approximate surface area is 111 Å². The Hall–Kier alpha value is -1.36. The van der Waals surface area contributed by atoms with E-state index in [0.717, 1.165) is 18.8 Å². The van der Waals surface area contributed by atoms with Gasteiger partial charge >= 0.3 is 0 Å². The van der Waals surface area contributed by atoms with Crippen molar-refractivity contribution in [2.24, 2.45) is 0 Å². The van der Waals surface area contributed by atoms with Gasteiger partial charge in [0.1, 0.15) is 0 Å². The molecule has 1 heterocycles. The number of benzene rings is 1. The molecule has 98 valence electrons. The zero-order chi connectivity index (χ0) is 13.1. The first-order valence-electron chi connectivity index (χ1n) is 5.97. The molecule has 1 saturated heterocycles. The van der Waals surface area contributed by atoms with E-state index < -0.39 is 0 Å². The summed E-state index contributed by atoms with van der Waals surface area (Å²) in [7, 11) is 1.54. The first kappa shape index (κ1) is 13.1. The highest BCUT2D eigenvalue weighted by molar-refractivity contribution is 7.99. The number of carbonyl (C=O) groups excluding carboxylic acids is 1. The highest BCUT2D eigenvalue weighted by Crippen LogP contribution is 2.28. The van der Waals surface area contributed by atoms with E-state index >= 15 is 0 Å². The second-order valence-corrected chi connectivity index (χ2v) is 5.91. The second-order valence-electron chi connectivity index (χ2n) is 4.36. The lowest BCUT2D eigenvalue weighted by Gasteiger charge is -2.31. The van der Waals surface area contributed by atoms with Crippen molar-refractivity contribution in [3.8, 4) is 5.75 Å². The standard InChI is InChI=1S/C13H18N2O2S/c1-9-8-15(6-7-18-9)13(16)10-4-3-5-11(14)12(10)17-2/h3-5,9H,6-8,14H2,1-2H3. The number of carbonyl (C=O) groups is 1. The summed E-state index contributed by atoms with van der Waals surface area (Å²) < 4.78 is 5.24. The third-order valence-corrected chi connectivity index (χ3v) is 4.14. The lowest BCUT2D eigenvalue weighted by molar-refractivity contribution is 0.0760. The fraction of sp³-hybridized carbons (Fsp3) is 0.462. The molecule has 5 heteroatoms. The Morgan fingerprint density at radius 1 is 1.56 bits per heavy atom. The van der Waals surface area contributed by atoms with E-state index in [2.05, 4.69) is 6.92 Å². The van der Waals surface area contributed by atoms with Crippen LogP contribution in [0.1, 0.15) is 17.3 Å². The quantitative estimate of drug-likeness (QED) is 0.830. The molecule has 1 aliphatic heterocycles. The number of nitrogen functional groups attached to an aromatic ring is 1. The normalized spacial score (nSPS) is 19.7. The third kappa shape index (κ3) is 2.56. The number of nitrogens with two attached hydrogens (primary N) is 1. The molecule has 1 amide bonds. The highest BCUT2D eigenvalue weighted by Gasteiger charge is 2.25. The monoisotopic (exact) mass is 266 g/mol. The number of methoxy groups -OCH3 is 1. The molecular formula is C13H18N2O2S. The molecule has 0 bridgehead atoms. The molecule has 1 fully saturated rings. The summed E-state index contributed by atoms with van der Waals surface area (Å²) in [5.41, 5.74) is 6.88. The van der Waals surface area contributed by atoms with E-state index in [4.69, 9.17) is 10.5 Å². The Bertz CT molecular complexity index is 451. The van der Waals surface area contributed by atoms with Crippen LogP contribution in [0.4, 0.5) is 5.69 Å². The van der Waals surface area contributed by atoms with Gasteiger partial charge in [-0.2, -0.15) is 11.8 Å². The van der Waals surface area contributed by atoms with Crippen molar-refractivity contribution in [3.05, 3.63) is 23.8 Å². The maximum atomic E-state index is 12.5. The van der Waals surface area contributed by atoms with Crippen LogP contribution in [0.2, 0.25) is 0 Å². The number of para-hydroxylation sites is 1. The van der Waals surface area contributed by atoms with E-state index in [1.165, 1.54) is 7.11 Å². The lowest BCUT2D eigenvalue weighted by atomic mass is 10.1. The molecule has 1 aromatic carbocycles. The van der Waals surface area contributed by atoms with Crippen LogP contribution in [0.3, 0.4) is 0 Å². The molecule has 1 unspecified atom stereocenters. The maximum Gasteiger partial charge on any atom is 0.257 e. The minimum atomic E-state index is 0.00583. The average molecular weight is 266 g/mol. The molecule has 2 rings (SSSR count). The van der Waals surface area contributed by atoms with Crippen LogP contribution in [-0.4, -0.2) is 42.0 Å². The zero-order valence-electron chi connectivity index (χ0n) is 10.7. The van der Waals surface area contributed by atoms with E-state index in [0.29, 0.717) is 22.3 Å². The largest absolute Gasteiger partial charge is 0.494 e. The summed E-state index contributed by atoms with van der Waals surface area (Å²) in [6.07, 6.45) is 0. The minimum Gasteiger partial charge on any atom is -0.494 e. The topological polar surface area (TPSA) is 55.6 Å². The molecule has 2 N–H and O–H groups in total. The molecular weight excluding hydrogens is 248 g/mol. The van der Waals surface area contributed by atoms with Gasteiger partial charge in [-0.1, -0.05) is 13.0 Å². The lowest BCUT2D eigenvalue weighted by Crippen LogP contribution is -2.41. The fourth-order valence-electron chi connectivity index (χ4n) is 2.12. The Kier molecular flexibility index (Phi) is 4.01. The summed E-state index contributed by atoms with van der Waals surface area (Å²) >= 11 is 1.90. The number of thioether (sulfide) groups is 1. The molecule has 0 aliphatic carbocycles. The van der Waals surface area contributed by atoms with Crippen molar-refractivity contribution in [1.82, 2.24) is 4.90 Å². The van der Waals surface area contributed by atoms with E-state index in [-0.39, 0.29) is 5.91 Å². The van der Waals surface area contributed by atoms with Gasteiger partial charge in [0.05, 0.1) is 18.4 Å². The molecule has 0 saturated carbocycles. The first-order chi connectivity index (χ1) is 8.63. The predicted octanol–water partition coefficient (Wildman–Crippen LogP) is 1.85. The first-order valence-corrected chi connectivity index (χ1v) is 7.01.